The van der Waals surface area contributed by atoms with E-state index in [0.29, 0.717) is 11.3 Å². The number of nitrogens with one attached hydrogen (secondary N) is 1. The van der Waals surface area contributed by atoms with Gasteiger partial charge in [0.15, 0.2) is 0 Å². The van der Waals surface area contributed by atoms with E-state index in [0.717, 1.165) is 6.42 Å². The van der Waals surface area contributed by atoms with E-state index in [9.17, 15) is 0 Å². The summed E-state index contributed by atoms with van der Waals surface area (Å²) in [6, 6.07) is 0. The van der Waals surface area contributed by atoms with E-state index in [-0.39, 0.29) is 15.7 Å². The molecule has 0 aromatic rings. The summed E-state index contributed by atoms with van der Waals surface area (Å²) >= 11 is 0. The molecule has 3 atom stereocenters. The Kier molecular flexibility index (Phi) is 5.76. The number of hydrogen-bond donors (Lipinski definition) is 3. The van der Waals surface area contributed by atoms with Crippen LogP contribution in [0.2, 0.25) is 0 Å². The lowest BCUT2D eigenvalue weighted by atomic mass is 10.4. The van der Waals surface area contributed by atoms with Crippen LogP contribution in [0.1, 0.15) is 27.2 Å². The summed E-state index contributed by atoms with van der Waals surface area (Å²) in [5, 5.41) is 3.32. The maximum Gasteiger partial charge on any atom is 0.0597 e. The summed E-state index contributed by atoms with van der Waals surface area (Å²) in [6.07, 6.45) is 1.25. The molecule has 0 spiro atoms. The first-order valence-electron chi connectivity index (χ1n) is 4.33. The van der Waals surface area contributed by atoms with Crippen molar-refractivity contribution in [3.8, 4) is 0 Å². The van der Waals surface area contributed by atoms with Gasteiger partial charge in [-0.05, 0) is 24.7 Å². The van der Waals surface area contributed by atoms with Gasteiger partial charge in [0.1, 0.15) is 0 Å². The molecule has 0 aromatic heterocycles. The van der Waals surface area contributed by atoms with Crippen LogP contribution in [0.25, 0.3) is 0 Å². The molecule has 0 saturated heterocycles. The molecule has 5 N–H and O–H groups in total. The first-order chi connectivity index (χ1) is 5.06. The van der Waals surface area contributed by atoms with Crippen molar-refractivity contribution in [2.24, 2.45) is 11.5 Å². The van der Waals surface area contributed by atoms with E-state index in [1.807, 2.05) is 6.92 Å². The van der Waals surface area contributed by atoms with E-state index >= 15 is 0 Å². The van der Waals surface area contributed by atoms with Crippen LogP contribution in [0.4, 0.5) is 0 Å². The van der Waals surface area contributed by atoms with Gasteiger partial charge < -0.3 is 16.8 Å². The van der Waals surface area contributed by atoms with Crippen LogP contribution in [0.5, 0.6) is 0 Å². The van der Waals surface area contributed by atoms with Gasteiger partial charge in [-0.1, -0.05) is 13.8 Å². The highest BCUT2D eigenvalue weighted by atomic mass is 28.2. The largest absolute Gasteiger partial charge is 0.331 e. The standard InChI is InChI=1S/C7H21N3Si/c1-4-7(10-5(2)8)11-6(3)9/h5-7,10H,4,8-9,11H2,1-3H3. The van der Waals surface area contributed by atoms with Gasteiger partial charge in [0.05, 0.1) is 15.7 Å². The third kappa shape index (κ3) is 6.49. The Bertz CT molecular complexity index is 85.7. The zero-order valence-corrected chi connectivity index (χ0v) is 9.22. The third-order valence-corrected chi connectivity index (χ3v) is 3.77. The zero-order chi connectivity index (χ0) is 8.85. The summed E-state index contributed by atoms with van der Waals surface area (Å²) in [4.78, 5) is 0. The van der Waals surface area contributed by atoms with Crippen LogP contribution in [-0.4, -0.2) is 27.0 Å². The number of hydrogen-bond acceptors (Lipinski definition) is 3. The lowest BCUT2D eigenvalue weighted by molar-refractivity contribution is 0.522. The second kappa shape index (κ2) is 5.71. The molecule has 0 aliphatic heterocycles. The molecule has 0 aromatic carbocycles. The van der Waals surface area contributed by atoms with Crippen molar-refractivity contribution in [3.05, 3.63) is 0 Å². The van der Waals surface area contributed by atoms with Crippen LogP contribution in [0.3, 0.4) is 0 Å². The zero-order valence-electron chi connectivity index (χ0n) is 7.80. The predicted molar refractivity (Wildman–Crippen MR) is 53.1 cm³/mol. The van der Waals surface area contributed by atoms with Gasteiger partial charge in [0.25, 0.3) is 0 Å². The van der Waals surface area contributed by atoms with Crippen LogP contribution >= 0.6 is 0 Å². The van der Waals surface area contributed by atoms with Crippen molar-refractivity contribution in [1.29, 1.82) is 0 Å². The van der Waals surface area contributed by atoms with Crippen molar-refractivity contribution in [1.82, 2.24) is 5.32 Å². The summed E-state index contributed by atoms with van der Waals surface area (Å²) in [5.41, 5.74) is 12.3. The fourth-order valence-electron chi connectivity index (χ4n) is 1.17. The highest BCUT2D eigenvalue weighted by Crippen LogP contribution is 1.90. The Labute approximate surface area is 71.7 Å². The first-order valence-corrected chi connectivity index (χ1v) is 5.96. The van der Waals surface area contributed by atoms with Crippen molar-refractivity contribution in [3.63, 3.8) is 0 Å². The van der Waals surface area contributed by atoms with Gasteiger partial charge in [-0.3, -0.25) is 0 Å². The molecule has 0 fully saturated rings. The summed E-state index contributed by atoms with van der Waals surface area (Å²) in [6.45, 7) is 6.23. The van der Waals surface area contributed by atoms with E-state index in [4.69, 9.17) is 11.5 Å². The van der Waals surface area contributed by atoms with Gasteiger partial charge in [0.2, 0.25) is 0 Å². The van der Waals surface area contributed by atoms with Crippen molar-refractivity contribution in [2.45, 2.75) is 44.7 Å². The van der Waals surface area contributed by atoms with Crippen LogP contribution in [0.15, 0.2) is 0 Å². The fraction of sp³-hybridized carbons (Fsp3) is 1.00. The average Bonchev–Trinajstić information content (AvgIpc) is 1.84. The summed E-state index contributed by atoms with van der Waals surface area (Å²) in [7, 11) is -0.196. The van der Waals surface area contributed by atoms with Crippen molar-refractivity contribution >= 4 is 9.52 Å². The van der Waals surface area contributed by atoms with E-state index in [1.165, 1.54) is 0 Å². The molecule has 0 amide bonds. The minimum absolute atomic E-state index is 0.103. The van der Waals surface area contributed by atoms with Crippen molar-refractivity contribution < 1.29 is 0 Å². The van der Waals surface area contributed by atoms with Crippen molar-refractivity contribution in [2.75, 3.05) is 0 Å². The van der Waals surface area contributed by atoms with E-state index in [1.54, 1.807) is 0 Å². The normalized spacial score (nSPS) is 20.5. The monoisotopic (exact) mass is 175 g/mol. The Morgan fingerprint density at radius 3 is 2.18 bits per heavy atom. The highest BCUT2D eigenvalue weighted by Gasteiger charge is 2.09. The second-order valence-corrected chi connectivity index (χ2v) is 6.02. The Morgan fingerprint density at radius 1 is 1.36 bits per heavy atom. The lowest BCUT2D eigenvalue weighted by Crippen LogP contribution is -2.48. The van der Waals surface area contributed by atoms with Gasteiger partial charge in [0, 0.05) is 0 Å². The maximum atomic E-state index is 5.73. The molecular weight excluding hydrogens is 154 g/mol. The second-order valence-electron chi connectivity index (χ2n) is 3.27. The third-order valence-electron chi connectivity index (χ3n) is 1.65. The van der Waals surface area contributed by atoms with Crippen LogP contribution in [0, 0.1) is 0 Å². The molecule has 0 aliphatic rings. The molecule has 4 heteroatoms. The molecule has 0 radical (unpaired) electrons. The number of nitrogens with two attached hydrogens (primary N) is 2. The number of rotatable bonds is 5. The van der Waals surface area contributed by atoms with E-state index < -0.39 is 0 Å². The Morgan fingerprint density at radius 2 is 1.91 bits per heavy atom. The molecule has 0 rings (SSSR count). The molecule has 3 nitrogen and oxygen atoms in total. The summed E-state index contributed by atoms with van der Waals surface area (Å²) < 4.78 is 0. The predicted octanol–water partition coefficient (Wildman–Crippen LogP) is -0.910. The molecular formula is C7H21N3Si. The Balaban J connectivity index is 3.58. The first kappa shape index (κ1) is 11.1. The molecule has 11 heavy (non-hydrogen) atoms. The maximum absolute atomic E-state index is 5.73. The van der Waals surface area contributed by atoms with Gasteiger partial charge in [-0.2, -0.15) is 0 Å². The highest BCUT2D eigenvalue weighted by molar-refractivity contribution is 6.39. The van der Waals surface area contributed by atoms with Gasteiger partial charge >= 0.3 is 0 Å². The SMILES string of the molecule is CCC(NC(C)N)[SiH2]C(C)N. The molecule has 0 aliphatic carbocycles. The van der Waals surface area contributed by atoms with E-state index in [2.05, 4.69) is 19.2 Å². The molecule has 0 saturated carbocycles. The molecule has 0 heterocycles. The summed E-state index contributed by atoms with van der Waals surface area (Å²) in [5.74, 6) is 0. The van der Waals surface area contributed by atoms with Gasteiger partial charge in [-0.15, -0.1) is 0 Å². The average molecular weight is 175 g/mol. The quantitative estimate of drug-likeness (QED) is 0.374. The molecule has 68 valence electrons. The van der Waals surface area contributed by atoms with Crippen LogP contribution < -0.4 is 16.8 Å². The minimum Gasteiger partial charge on any atom is -0.331 e. The molecule has 0 bridgehead atoms. The topological polar surface area (TPSA) is 64.1 Å². The molecule has 3 unspecified atom stereocenters. The fourth-order valence-corrected chi connectivity index (χ4v) is 2.91. The Hall–Kier alpha value is 0.0969. The van der Waals surface area contributed by atoms with Crippen LogP contribution in [-0.2, 0) is 0 Å². The smallest absolute Gasteiger partial charge is 0.0597 e. The minimum atomic E-state index is -0.196. The van der Waals surface area contributed by atoms with Gasteiger partial charge in [-0.25, -0.2) is 0 Å². The lowest BCUT2D eigenvalue weighted by Gasteiger charge is -2.20.